The molecule has 0 saturated heterocycles. The number of benzene rings is 1. The number of nitriles is 1. The zero-order chi connectivity index (χ0) is 12.7. The number of esters is 1. The summed E-state index contributed by atoms with van der Waals surface area (Å²) in [5.74, 6) is -0.506. The summed E-state index contributed by atoms with van der Waals surface area (Å²) >= 11 is 0. The van der Waals surface area contributed by atoms with Crippen molar-refractivity contribution in [2.45, 2.75) is 19.8 Å². The smallest absolute Gasteiger partial charge is 0.338 e. The van der Waals surface area contributed by atoms with Gasteiger partial charge in [-0.15, -0.1) is 0 Å². The van der Waals surface area contributed by atoms with Gasteiger partial charge in [0.25, 0.3) is 0 Å². The monoisotopic (exact) mass is 231 g/mol. The molecule has 1 aromatic carbocycles. The standard InChI is InChI=1S/C13H13NO3/c1-2-17-13(16)12-8-10(4-3-7-14)5-6-11(12)9-15/h5-6,8-9H,2-4H2,1H3. The first-order valence-corrected chi connectivity index (χ1v) is 5.35. The van der Waals surface area contributed by atoms with Crippen molar-refractivity contribution >= 4 is 12.3 Å². The Labute approximate surface area is 99.8 Å². The van der Waals surface area contributed by atoms with E-state index in [4.69, 9.17) is 10.00 Å². The lowest BCUT2D eigenvalue weighted by Crippen LogP contribution is -2.08. The van der Waals surface area contributed by atoms with Gasteiger partial charge >= 0.3 is 5.97 Å². The lowest BCUT2D eigenvalue weighted by molar-refractivity contribution is 0.0524. The van der Waals surface area contributed by atoms with Gasteiger partial charge in [-0.3, -0.25) is 4.79 Å². The number of rotatable bonds is 5. The van der Waals surface area contributed by atoms with Gasteiger partial charge in [0.05, 0.1) is 18.2 Å². The SMILES string of the molecule is CCOC(=O)c1cc(CCC#N)ccc1C=O. The molecule has 17 heavy (non-hydrogen) atoms. The number of carbonyl (C=O) groups excluding carboxylic acids is 2. The Balaban J connectivity index is 3.02. The molecule has 0 aromatic heterocycles. The summed E-state index contributed by atoms with van der Waals surface area (Å²) < 4.78 is 4.87. The van der Waals surface area contributed by atoms with Crippen LogP contribution in [0.1, 0.15) is 39.6 Å². The number of hydrogen-bond donors (Lipinski definition) is 0. The van der Waals surface area contributed by atoms with E-state index in [2.05, 4.69) is 0 Å². The third kappa shape index (κ3) is 3.42. The molecule has 0 unspecified atom stereocenters. The summed E-state index contributed by atoms with van der Waals surface area (Å²) in [6.07, 6.45) is 1.56. The van der Waals surface area contributed by atoms with Gasteiger partial charge in [-0.25, -0.2) is 4.79 Å². The van der Waals surface area contributed by atoms with E-state index in [1.165, 1.54) is 0 Å². The molecule has 1 aromatic rings. The molecule has 0 radical (unpaired) electrons. The van der Waals surface area contributed by atoms with Crippen LogP contribution in [-0.2, 0) is 11.2 Å². The predicted molar refractivity (Wildman–Crippen MR) is 61.7 cm³/mol. The summed E-state index contributed by atoms with van der Waals surface area (Å²) in [6, 6.07) is 6.96. The molecule has 0 aliphatic carbocycles. The summed E-state index contributed by atoms with van der Waals surface area (Å²) in [5.41, 5.74) is 1.42. The second kappa shape index (κ2) is 6.44. The van der Waals surface area contributed by atoms with Gasteiger partial charge in [0, 0.05) is 12.0 Å². The molecule has 88 valence electrons. The minimum atomic E-state index is -0.506. The van der Waals surface area contributed by atoms with Gasteiger partial charge in [-0.1, -0.05) is 12.1 Å². The molecular weight excluding hydrogens is 218 g/mol. The lowest BCUT2D eigenvalue weighted by atomic mass is 10.0. The molecule has 0 heterocycles. The topological polar surface area (TPSA) is 67.2 Å². The van der Waals surface area contributed by atoms with Crippen molar-refractivity contribution in [2.24, 2.45) is 0 Å². The molecule has 0 spiro atoms. The van der Waals surface area contributed by atoms with Gasteiger partial charge in [-0.05, 0) is 25.0 Å². The molecule has 4 heteroatoms. The van der Waals surface area contributed by atoms with Crippen molar-refractivity contribution in [1.82, 2.24) is 0 Å². The van der Waals surface area contributed by atoms with E-state index in [-0.39, 0.29) is 12.2 Å². The first kappa shape index (κ1) is 12.9. The molecule has 4 nitrogen and oxygen atoms in total. The molecule has 1 rings (SSSR count). The Hall–Kier alpha value is -2.15. The van der Waals surface area contributed by atoms with Crippen LogP contribution in [0.15, 0.2) is 18.2 Å². The average molecular weight is 231 g/mol. The van der Waals surface area contributed by atoms with Crippen LogP contribution in [0.25, 0.3) is 0 Å². The quantitative estimate of drug-likeness (QED) is 0.575. The number of ether oxygens (including phenoxy) is 1. The Kier molecular flexibility index (Phi) is 4.89. The van der Waals surface area contributed by atoms with Crippen LogP contribution in [0, 0.1) is 11.3 Å². The van der Waals surface area contributed by atoms with E-state index in [1.54, 1.807) is 25.1 Å². The van der Waals surface area contributed by atoms with Crippen LogP contribution < -0.4 is 0 Å². The van der Waals surface area contributed by atoms with Gasteiger partial charge < -0.3 is 4.74 Å². The van der Waals surface area contributed by atoms with Crippen LogP contribution in [0.5, 0.6) is 0 Å². The largest absolute Gasteiger partial charge is 0.462 e. The van der Waals surface area contributed by atoms with Gasteiger partial charge in [0.2, 0.25) is 0 Å². The van der Waals surface area contributed by atoms with Crippen molar-refractivity contribution < 1.29 is 14.3 Å². The second-order valence-electron chi connectivity index (χ2n) is 3.42. The highest BCUT2D eigenvalue weighted by molar-refractivity contribution is 5.98. The van der Waals surface area contributed by atoms with Gasteiger partial charge in [-0.2, -0.15) is 5.26 Å². The molecular formula is C13H13NO3. The third-order valence-electron chi connectivity index (χ3n) is 2.27. The molecule has 0 fully saturated rings. The lowest BCUT2D eigenvalue weighted by Gasteiger charge is -2.06. The first-order chi connectivity index (χ1) is 8.22. The highest BCUT2D eigenvalue weighted by atomic mass is 16.5. The summed E-state index contributed by atoms with van der Waals surface area (Å²) in [6.45, 7) is 1.97. The average Bonchev–Trinajstić information content (AvgIpc) is 2.36. The minimum Gasteiger partial charge on any atom is -0.462 e. The molecule has 0 aliphatic heterocycles. The number of nitrogens with zero attached hydrogens (tertiary/aromatic N) is 1. The fourth-order valence-corrected chi connectivity index (χ4v) is 1.45. The Bertz CT molecular complexity index is 460. The predicted octanol–water partition coefficient (Wildman–Crippen LogP) is 2.13. The van der Waals surface area contributed by atoms with Crippen LogP contribution in [0.3, 0.4) is 0 Å². The number of hydrogen-bond acceptors (Lipinski definition) is 4. The minimum absolute atomic E-state index is 0.261. The molecule has 0 saturated carbocycles. The fourth-order valence-electron chi connectivity index (χ4n) is 1.45. The van der Waals surface area contributed by atoms with Crippen molar-refractivity contribution in [2.75, 3.05) is 6.61 Å². The zero-order valence-corrected chi connectivity index (χ0v) is 9.60. The normalized spacial score (nSPS) is 9.41. The van der Waals surface area contributed by atoms with Gasteiger partial charge in [0.1, 0.15) is 0 Å². The number of aryl methyl sites for hydroxylation is 1. The van der Waals surface area contributed by atoms with Crippen LogP contribution in [0.4, 0.5) is 0 Å². The van der Waals surface area contributed by atoms with Crippen molar-refractivity contribution in [3.05, 3.63) is 34.9 Å². The maximum Gasteiger partial charge on any atom is 0.338 e. The molecule has 0 aliphatic rings. The van der Waals surface area contributed by atoms with Crippen molar-refractivity contribution in [3.8, 4) is 6.07 Å². The van der Waals surface area contributed by atoms with Crippen molar-refractivity contribution in [1.29, 1.82) is 5.26 Å². The Morgan fingerprint density at radius 2 is 2.29 bits per heavy atom. The Morgan fingerprint density at radius 1 is 1.53 bits per heavy atom. The van der Waals surface area contributed by atoms with Crippen LogP contribution in [-0.4, -0.2) is 18.9 Å². The summed E-state index contributed by atoms with van der Waals surface area (Å²) in [7, 11) is 0. The summed E-state index contributed by atoms with van der Waals surface area (Å²) in [5, 5.41) is 8.49. The number of aldehydes is 1. The van der Waals surface area contributed by atoms with Gasteiger partial charge in [0.15, 0.2) is 6.29 Å². The maximum atomic E-state index is 11.6. The van der Waals surface area contributed by atoms with E-state index in [9.17, 15) is 9.59 Å². The zero-order valence-electron chi connectivity index (χ0n) is 9.60. The highest BCUT2D eigenvalue weighted by Crippen LogP contribution is 2.13. The van der Waals surface area contributed by atoms with Crippen molar-refractivity contribution in [3.63, 3.8) is 0 Å². The second-order valence-corrected chi connectivity index (χ2v) is 3.42. The first-order valence-electron chi connectivity index (χ1n) is 5.35. The maximum absolute atomic E-state index is 11.6. The molecule has 0 amide bonds. The fraction of sp³-hybridized carbons (Fsp3) is 0.308. The van der Waals surface area contributed by atoms with Crippen LogP contribution >= 0.6 is 0 Å². The highest BCUT2D eigenvalue weighted by Gasteiger charge is 2.12. The van der Waals surface area contributed by atoms with E-state index < -0.39 is 5.97 Å². The Morgan fingerprint density at radius 3 is 2.88 bits per heavy atom. The molecule has 0 atom stereocenters. The third-order valence-corrected chi connectivity index (χ3v) is 2.27. The van der Waals surface area contributed by atoms with E-state index >= 15 is 0 Å². The van der Waals surface area contributed by atoms with E-state index in [1.807, 2.05) is 6.07 Å². The van der Waals surface area contributed by atoms with E-state index in [0.29, 0.717) is 24.7 Å². The molecule has 0 bridgehead atoms. The number of carbonyl (C=O) groups is 2. The van der Waals surface area contributed by atoms with Crippen LogP contribution in [0.2, 0.25) is 0 Å². The molecule has 0 N–H and O–H groups in total. The van der Waals surface area contributed by atoms with E-state index in [0.717, 1.165) is 5.56 Å². The summed E-state index contributed by atoms with van der Waals surface area (Å²) in [4.78, 5) is 22.4.